The van der Waals surface area contributed by atoms with Crippen LogP contribution in [0.5, 0.6) is 0 Å². The van der Waals surface area contributed by atoms with Gasteiger partial charge in [0.25, 0.3) is 0 Å². The lowest BCUT2D eigenvalue weighted by molar-refractivity contribution is 0.249. The summed E-state index contributed by atoms with van der Waals surface area (Å²) >= 11 is 0. The van der Waals surface area contributed by atoms with Gasteiger partial charge in [-0.2, -0.15) is 0 Å². The SMILES string of the molecule is CC(CCC(N=C=O)C(C)CC(C)(C)C)CC(C)(C)C. The molecule has 0 aliphatic carbocycles. The van der Waals surface area contributed by atoms with Crippen LogP contribution in [-0.4, -0.2) is 12.1 Å². The quantitative estimate of drug-likeness (QED) is 0.440. The van der Waals surface area contributed by atoms with Crippen molar-refractivity contribution in [2.45, 2.75) is 87.1 Å². The zero-order valence-electron chi connectivity index (χ0n) is 14.9. The maximum absolute atomic E-state index is 10.7. The van der Waals surface area contributed by atoms with Gasteiger partial charge in [0.05, 0.1) is 6.04 Å². The van der Waals surface area contributed by atoms with E-state index in [-0.39, 0.29) is 11.5 Å². The van der Waals surface area contributed by atoms with E-state index in [1.165, 1.54) is 6.42 Å². The van der Waals surface area contributed by atoms with E-state index in [2.05, 4.69) is 60.4 Å². The highest BCUT2D eigenvalue weighted by Crippen LogP contribution is 2.31. The van der Waals surface area contributed by atoms with Gasteiger partial charge in [-0.05, 0) is 48.3 Å². The molecule has 0 saturated heterocycles. The Morgan fingerprint density at radius 1 is 0.900 bits per heavy atom. The second-order valence-electron chi connectivity index (χ2n) is 8.98. The molecule has 2 nitrogen and oxygen atoms in total. The second kappa shape index (κ2) is 7.98. The predicted octanol–water partition coefficient (Wildman–Crippen LogP) is 5.62. The molecule has 0 saturated carbocycles. The third-order valence-corrected chi connectivity index (χ3v) is 3.73. The minimum atomic E-state index is 0.133. The maximum atomic E-state index is 10.7. The topological polar surface area (TPSA) is 29.4 Å². The van der Waals surface area contributed by atoms with Gasteiger partial charge in [-0.3, -0.25) is 0 Å². The van der Waals surface area contributed by atoms with E-state index in [4.69, 9.17) is 0 Å². The van der Waals surface area contributed by atoms with E-state index >= 15 is 0 Å². The number of carbonyl (C=O) groups excluding carboxylic acids is 1. The zero-order valence-corrected chi connectivity index (χ0v) is 14.9. The lowest BCUT2D eigenvalue weighted by Gasteiger charge is -2.28. The molecule has 0 aliphatic rings. The van der Waals surface area contributed by atoms with Crippen molar-refractivity contribution in [1.82, 2.24) is 0 Å². The number of hydrogen-bond acceptors (Lipinski definition) is 2. The Kier molecular flexibility index (Phi) is 7.73. The Labute approximate surface area is 126 Å². The van der Waals surface area contributed by atoms with Crippen LogP contribution in [0.4, 0.5) is 0 Å². The predicted molar refractivity (Wildman–Crippen MR) is 87.6 cm³/mol. The van der Waals surface area contributed by atoms with E-state index < -0.39 is 0 Å². The van der Waals surface area contributed by atoms with Crippen molar-refractivity contribution in [2.75, 3.05) is 0 Å². The molecular weight excluding hydrogens is 246 g/mol. The number of rotatable bonds is 7. The summed E-state index contributed by atoms with van der Waals surface area (Å²) in [6, 6.07) is 0.133. The van der Waals surface area contributed by atoms with Crippen molar-refractivity contribution >= 4 is 6.08 Å². The normalized spacial score (nSPS) is 17.2. The molecule has 0 radical (unpaired) electrons. The summed E-state index contributed by atoms with van der Waals surface area (Å²) in [6.45, 7) is 18.1. The Morgan fingerprint density at radius 3 is 1.80 bits per heavy atom. The molecule has 3 atom stereocenters. The van der Waals surface area contributed by atoms with Crippen LogP contribution in [0, 0.1) is 22.7 Å². The molecule has 0 aromatic rings. The maximum Gasteiger partial charge on any atom is 0.235 e. The van der Waals surface area contributed by atoms with Crippen LogP contribution in [0.2, 0.25) is 0 Å². The molecule has 0 fully saturated rings. The molecule has 2 heteroatoms. The highest BCUT2D eigenvalue weighted by molar-refractivity contribution is 5.33. The molecular formula is C18H35NO. The van der Waals surface area contributed by atoms with Crippen LogP contribution in [0.3, 0.4) is 0 Å². The van der Waals surface area contributed by atoms with Gasteiger partial charge in [-0.1, -0.05) is 55.4 Å². The molecule has 0 heterocycles. The molecule has 0 spiro atoms. The summed E-state index contributed by atoms with van der Waals surface area (Å²) in [5.74, 6) is 1.12. The van der Waals surface area contributed by atoms with Crippen molar-refractivity contribution < 1.29 is 4.79 Å². The molecule has 0 aliphatic heterocycles. The molecule has 0 bridgehead atoms. The fourth-order valence-corrected chi connectivity index (χ4v) is 3.25. The van der Waals surface area contributed by atoms with E-state index in [0.717, 1.165) is 19.3 Å². The highest BCUT2D eigenvalue weighted by Gasteiger charge is 2.24. The molecule has 0 rings (SSSR count). The van der Waals surface area contributed by atoms with Gasteiger partial charge in [-0.15, -0.1) is 0 Å². The number of isocyanates is 1. The minimum absolute atomic E-state index is 0.133. The van der Waals surface area contributed by atoms with Crippen molar-refractivity contribution in [2.24, 2.45) is 27.7 Å². The monoisotopic (exact) mass is 281 g/mol. The smallest absolute Gasteiger partial charge is 0.211 e. The summed E-state index contributed by atoms with van der Waals surface area (Å²) in [6.07, 6.45) is 6.24. The lowest BCUT2D eigenvalue weighted by Crippen LogP contribution is -2.23. The highest BCUT2D eigenvalue weighted by atomic mass is 16.1. The Morgan fingerprint density at radius 2 is 1.40 bits per heavy atom. The van der Waals surface area contributed by atoms with E-state index in [1.54, 1.807) is 6.08 Å². The van der Waals surface area contributed by atoms with Gasteiger partial charge in [-0.25, -0.2) is 9.79 Å². The van der Waals surface area contributed by atoms with Gasteiger partial charge in [0.15, 0.2) is 0 Å². The standard InChI is InChI=1S/C18H35NO/c1-14(11-17(3,4)5)9-10-16(19-13-20)15(2)12-18(6,7)8/h14-16H,9-12H2,1-8H3. The summed E-state index contributed by atoms with van der Waals surface area (Å²) < 4.78 is 0. The molecule has 0 aromatic heterocycles. The number of nitrogens with zero attached hydrogens (tertiary/aromatic N) is 1. The molecule has 0 N–H and O–H groups in total. The minimum Gasteiger partial charge on any atom is -0.211 e. The third-order valence-electron chi connectivity index (χ3n) is 3.73. The van der Waals surface area contributed by atoms with Crippen molar-refractivity contribution in [3.05, 3.63) is 0 Å². The molecule has 118 valence electrons. The van der Waals surface area contributed by atoms with Gasteiger partial charge in [0, 0.05) is 0 Å². The Balaban J connectivity index is 4.45. The first kappa shape index (κ1) is 19.4. The zero-order chi connectivity index (χ0) is 16.0. The summed E-state index contributed by atoms with van der Waals surface area (Å²) in [4.78, 5) is 14.7. The largest absolute Gasteiger partial charge is 0.235 e. The van der Waals surface area contributed by atoms with Crippen LogP contribution in [-0.2, 0) is 4.79 Å². The Hall–Kier alpha value is -0.620. The van der Waals surface area contributed by atoms with E-state index in [9.17, 15) is 4.79 Å². The fourth-order valence-electron chi connectivity index (χ4n) is 3.25. The average molecular weight is 281 g/mol. The van der Waals surface area contributed by atoms with Crippen LogP contribution in [0.15, 0.2) is 4.99 Å². The fraction of sp³-hybridized carbons (Fsp3) is 0.944. The molecule has 0 aromatic carbocycles. The average Bonchev–Trinajstić information content (AvgIpc) is 2.18. The van der Waals surface area contributed by atoms with E-state index in [0.29, 0.717) is 17.3 Å². The number of aliphatic imine (C=N–C) groups is 1. The van der Waals surface area contributed by atoms with Gasteiger partial charge >= 0.3 is 0 Å². The molecule has 0 amide bonds. The summed E-state index contributed by atoms with van der Waals surface area (Å²) in [5.41, 5.74) is 0.660. The summed E-state index contributed by atoms with van der Waals surface area (Å²) in [5, 5.41) is 0. The Bertz CT molecular complexity index is 315. The lowest BCUT2D eigenvalue weighted by atomic mass is 9.79. The van der Waals surface area contributed by atoms with Crippen LogP contribution >= 0.6 is 0 Å². The second-order valence-corrected chi connectivity index (χ2v) is 8.98. The third kappa shape index (κ3) is 10.2. The number of hydrogen-bond donors (Lipinski definition) is 0. The molecule has 3 unspecified atom stereocenters. The first-order valence-corrected chi connectivity index (χ1v) is 8.01. The van der Waals surface area contributed by atoms with Crippen LogP contribution < -0.4 is 0 Å². The van der Waals surface area contributed by atoms with Gasteiger partial charge < -0.3 is 0 Å². The van der Waals surface area contributed by atoms with E-state index in [1.807, 2.05) is 0 Å². The van der Waals surface area contributed by atoms with Crippen molar-refractivity contribution in [3.63, 3.8) is 0 Å². The summed E-state index contributed by atoms with van der Waals surface area (Å²) in [7, 11) is 0. The van der Waals surface area contributed by atoms with Crippen molar-refractivity contribution in [1.29, 1.82) is 0 Å². The van der Waals surface area contributed by atoms with Crippen molar-refractivity contribution in [3.8, 4) is 0 Å². The van der Waals surface area contributed by atoms with Gasteiger partial charge in [0.2, 0.25) is 6.08 Å². The molecule has 20 heavy (non-hydrogen) atoms. The van der Waals surface area contributed by atoms with Crippen LogP contribution in [0.1, 0.15) is 81.1 Å². The first-order valence-electron chi connectivity index (χ1n) is 8.01. The first-order chi connectivity index (χ1) is 8.94. The van der Waals surface area contributed by atoms with Crippen LogP contribution in [0.25, 0.3) is 0 Å². The van der Waals surface area contributed by atoms with Gasteiger partial charge in [0.1, 0.15) is 0 Å².